The minimum atomic E-state index is 0.371. The van der Waals surface area contributed by atoms with Crippen molar-refractivity contribution in [3.05, 3.63) is 0 Å². The van der Waals surface area contributed by atoms with Crippen LogP contribution < -0.4 is 5.32 Å². The van der Waals surface area contributed by atoms with Crippen molar-refractivity contribution in [2.45, 2.75) is 26.7 Å². The average molecular weight is 175 g/mol. The Hall–Kier alpha value is 0.390. The van der Waals surface area contributed by atoms with Crippen LogP contribution >= 0.6 is 7.92 Å². The Morgan fingerprint density at radius 3 is 1.91 bits per heavy atom. The second kappa shape index (κ2) is 8.49. The van der Waals surface area contributed by atoms with Gasteiger partial charge >= 0.3 is 0 Å². The molecule has 0 rings (SSSR count). The molecule has 0 atom stereocenters. The first-order valence-electron chi connectivity index (χ1n) is 4.72. The van der Waals surface area contributed by atoms with E-state index < -0.39 is 0 Å². The summed E-state index contributed by atoms with van der Waals surface area (Å²) in [5.41, 5.74) is 0. The van der Waals surface area contributed by atoms with Crippen molar-refractivity contribution >= 4 is 7.92 Å². The molecule has 0 spiro atoms. The summed E-state index contributed by atoms with van der Waals surface area (Å²) in [5.74, 6) is 0. The van der Waals surface area contributed by atoms with E-state index in [0.717, 1.165) is 0 Å². The summed E-state index contributed by atoms with van der Waals surface area (Å²) < 4.78 is 0. The fourth-order valence-electron chi connectivity index (χ4n) is 1.24. The SMILES string of the molecule is CCCP(CCC)CCNC. The lowest BCUT2D eigenvalue weighted by Gasteiger charge is -2.15. The zero-order chi connectivity index (χ0) is 8.53. The van der Waals surface area contributed by atoms with Crippen LogP contribution in [0.4, 0.5) is 0 Å². The normalized spacial score (nSPS) is 10.9. The number of nitrogens with one attached hydrogen (secondary N) is 1. The summed E-state index contributed by atoms with van der Waals surface area (Å²) in [6.45, 7) is 5.81. The lowest BCUT2D eigenvalue weighted by atomic mass is 10.6. The maximum absolute atomic E-state index is 3.23. The highest BCUT2D eigenvalue weighted by molar-refractivity contribution is 7.57. The molecule has 0 aromatic carbocycles. The molecule has 0 unspecified atom stereocenters. The summed E-state index contributed by atoms with van der Waals surface area (Å²) in [4.78, 5) is 0. The smallest absolute Gasteiger partial charge is 0.00125 e. The first kappa shape index (κ1) is 11.4. The molecule has 1 N–H and O–H groups in total. The van der Waals surface area contributed by atoms with E-state index in [9.17, 15) is 0 Å². The first-order valence-corrected chi connectivity index (χ1v) is 6.61. The molecule has 0 amide bonds. The molecule has 0 aliphatic rings. The second-order valence-corrected chi connectivity index (χ2v) is 5.63. The third-order valence-electron chi connectivity index (χ3n) is 1.76. The third-order valence-corrected chi connectivity index (χ3v) is 4.77. The van der Waals surface area contributed by atoms with Crippen molar-refractivity contribution in [2.24, 2.45) is 0 Å². The predicted octanol–water partition coefficient (Wildman–Crippen LogP) is 2.51. The zero-order valence-corrected chi connectivity index (χ0v) is 9.08. The number of hydrogen-bond donors (Lipinski definition) is 1. The van der Waals surface area contributed by atoms with Gasteiger partial charge in [-0.25, -0.2) is 0 Å². The van der Waals surface area contributed by atoms with Crippen LogP contribution in [0, 0.1) is 0 Å². The molecule has 0 fully saturated rings. The van der Waals surface area contributed by atoms with Crippen molar-refractivity contribution in [3.63, 3.8) is 0 Å². The fourth-order valence-corrected chi connectivity index (χ4v) is 3.71. The van der Waals surface area contributed by atoms with Gasteiger partial charge in [-0.05, 0) is 32.1 Å². The molecule has 1 nitrogen and oxygen atoms in total. The molecule has 0 aliphatic heterocycles. The molecular formula is C9H22NP. The molecular weight excluding hydrogens is 153 g/mol. The summed E-state index contributed by atoms with van der Waals surface area (Å²) in [6, 6.07) is 0. The molecule has 11 heavy (non-hydrogen) atoms. The molecule has 0 radical (unpaired) electrons. The minimum Gasteiger partial charge on any atom is -0.319 e. The van der Waals surface area contributed by atoms with Crippen molar-refractivity contribution in [1.82, 2.24) is 5.32 Å². The molecule has 68 valence electrons. The topological polar surface area (TPSA) is 12.0 Å². The van der Waals surface area contributed by atoms with Gasteiger partial charge in [0, 0.05) is 0 Å². The van der Waals surface area contributed by atoms with Gasteiger partial charge in [0.15, 0.2) is 0 Å². The van der Waals surface area contributed by atoms with Gasteiger partial charge in [-0.1, -0.05) is 26.7 Å². The molecule has 0 aromatic rings. The van der Waals surface area contributed by atoms with Gasteiger partial charge in [-0.3, -0.25) is 0 Å². The molecule has 0 saturated heterocycles. The van der Waals surface area contributed by atoms with Crippen LogP contribution in [0.2, 0.25) is 0 Å². The lowest BCUT2D eigenvalue weighted by molar-refractivity contribution is 0.863. The van der Waals surface area contributed by atoms with E-state index >= 15 is 0 Å². The van der Waals surface area contributed by atoms with Gasteiger partial charge < -0.3 is 5.32 Å². The Morgan fingerprint density at radius 2 is 1.55 bits per heavy atom. The van der Waals surface area contributed by atoms with E-state index in [2.05, 4.69) is 19.2 Å². The summed E-state index contributed by atoms with van der Waals surface area (Å²) in [7, 11) is 2.42. The quantitative estimate of drug-likeness (QED) is 0.586. The Kier molecular flexibility index (Phi) is 8.79. The third kappa shape index (κ3) is 6.77. The van der Waals surface area contributed by atoms with Crippen molar-refractivity contribution in [1.29, 1.82) is 0 Å². The monoisotopic (exact) mass is 175 g/mol. The van der Waals surface area contributed by atoms with Crippen LogP contribution in [0.15, 0.2) is 0 Å². The maximum atomic E-state index is 3.23. The van der Waals surface area contributed by atoms with Crippen LogP contribution in [0.5, 0.6) is 0 Å². The highest BCUT2D eigenvalue weighted by atomic mass is 31.1. The van der Waals surface area contributed by atoms with E-state index in [1.807, 2.05) is 7.05 Å². The van der Waals surface area contributed by atoms with Gasteiger partial charge in [0.05, 0.1) is 0 Å². The maximum Gasteiger partial charge on any atom is -0.00125 e. The molecule has 0 heterocycles. The van der Waals surface area contributed by atoms with Crippen molar-refractivity contribution in [3.8, 4) is 0 Å². The lowest BCUT2D eigenvalue weighted by Crippen LogP contribution is -2.12. The van der Waals surface area contributed by atoms with Gasteiger partial charge in [0.2, 0.25) is 0 Å². The predicted molar refractivity (Wildman–Crippen MR) is 56.0 cm³/mol. The first-order chi connectivity index (χ1) is 5.35. The van der Waals surface area contributed by atoms with Crippen molar-refractivity contribution < 1.29 is 0 Å². The molecule has 0 aliphatic carbocycles. The molecule has 0 bridgehead atoms. The van der Waals surface area contributed by atoms with Gasteiger partial charge in [0.1, 0.15) is 0 Å². The summed E-state index contributed by atoms with van der Waals surface area (Å²) >= 11 is 0. The molecule has 0 aromatic heterocycles. The van der Waals surface area contributed by atoms with Gasteiger partial charge in [0.25, 0.3) is 0 Å². The largest absolute Gasteiger partial charge is 0.319 e. The minimum absolute atomic E-state index is 0.371. The second-order valence-electron chi connectivity index (χ2n) is 2.95. The summed E-state index contributed by atoms with van der Waals surface area (Å²) in [6.07, 6.45) is 7.12. The van der Waals surface area contributed by atoms with Crippen LogP contribution in [0.3, 0.4) is 0 Å². The standard InChI is InChI=1S/C9H22NP/c1-4-7-11(8-5-2)9-6-10-3/h10H,4-9H2,1-3H3. The zero-order valence-electron chi connectivity index (χ0n) is 8.19. The van der Waals surface area contributed by atoms with Gasteiger partial charge in [-0.2, -0.15) is 0 Å². The van der Waals surface area contributed by atoms with Gasteiger partial charge in [-0.15, -0.1) is 7.92 Å². The van der Waals surface area contributed by atoms with E-state index in [1.165, 1.54) is 37.9 Å². The van der Waals surface area contributed by atoms with Crippen molar-refractivity contribution in [2.75, 3.05) is 32.1 Å². The Morgan fingerprint density at radius 1 is 1.00 bits per heavy atom. The van der Waals surface area contributed by atoms with E-state index in [1.54, 1.807) is 0 Å². The number of hydrogen-bond acceptors (Lipinski definition) is 1. The van der Waals surface area contributed by atoms with E-state index in [4.69, 9.17) is 0 Å². The number of rotatable bonds is 7. The summed E-state index contributed by atoms with van der Waals surface area (Å²) in [5, 5.41) is 3.23. The van der Waals surface area contributed by atoms with Crippen LogP contribution in [0.25, 0.3) is 0 Å². The van der Waals surface area contributed by atoms with E-state index in [-0.39, 0.29) is 0 Å². The molecule has 2 heteroatoms. The Balaban J connectivity index is 3.34. The Labute approximate surface area is 72.7 Å². The highest BCUT2D eigenvalue weighted by Crippen LogP contribution is 2.35. The fraction of sp³-hybridized carbons (Fsp3) is 1.00. The van der Waals surface area contributed by atoms with Crippen LogP contribution in [-0.2, 0) is 0 Å². The molecule has 0 saturated carbocycles. The van der Waals surface area contributed by atoms with Crippen LogP contribution in [-0.4, -0.2) is 32.1 Å². The average Bonchev–Trinajstić information content (AvgIpc) is 2.01. The highest BCUT2D eigenvalue weighted by Gasteiger charge is 2.03. The van der Waals surface area contributed by atoms with Crippen LogP contribution in [0.1, 0.15) is 26.7 Å². The Bertz CT molecular complexity index is 70.0. The van der Waals surface area contributed by atoms with E-state index in [0.29, 0.717) is 7.92 Å².